The molecule has 6 heteroatoms. The van der Waals surface area contributed by atoms with Gasteiger partial charge >= 0.3 is 5.97 Å². The Bertz CT molecular complexity index is 682. The molecule has 0 atom stereocenters. The van der Waals surface area contributed by atoms with Crippen molar-refractivity contribution >= 4 is 5.97 Å². The van der Waals surface area contributed by atoms with Crippen LogP contribution in [0, 0.1) is 18.6 Å². The molecular formula is C16H17F2NO3. The third-order valence-corrected chi connectivity index (χ3v) is 3.27. The first-order valence-corrected chi connectivity index (χ1v) is 6.71. The summed E-state index contributed by atoms with van der Waals surface area (Å²) in [5, 5.41) is 0. The topological polar surface area (TPSA) is 42.7 Å². The van der Waals surface area contributed by atoms with Gasteiger partial charge in [-0.1, -0.05) is 12.1 Å². The first kappa shape index (κ1) is 16.2. The summed E-state index contributed by atoms with van der Waals surface area (Å²) in [6.45, 7) is 2.24. The van der Waals surface area contributed by atoms with Crippen molar-refractivity contribution in [1.29, 1.82) is 0 Å². The van der Waals surface area contributed by atoms with Gasteiger partial charge in [0.2, 0.25) is 0 Å². The Hall–Kier alpha value is -2.21. The van der Waals surface area contributed by atoms with Crippen LogP contribution in [0.2, 0.25) is 0 Å². The predicted octanol–water partition coefficient (Wildman–Crippen LogP) is 3.28. The molecule has 0 saturated heterocycles. The molecule has 0 unspecified atom stereocenters. The zero-order valence-electron chi connectivity index (χ0n) is 12.7. The minimum Gasteiger partial charge on any atom is -0.465 e. The molecule has 0 aliphatic carbocycles. The molecule has 1 aromatic carbocycles. The second-order valence-electron chi connectivity index (χ2n) is 5.06. The molecule has 0 fully saturated rings. The number of halogens is 2. The van der Waals surface area contributed by atoms with Gasteiger partial charge in [0.25, 0.3) is 0 Å². The Morgan fingerprint density at radius 2 is 2.05 bits per heavy atom. The molecule has 4 nitrogen and oxygen atoms in total. The Labute approximate surface area is 127 Å². The zero-order valence-corrected chi connectivity index (χ0v) is 12.7. The Morgan fingerprint density at radius 3 is 2.73 bits per heavy atom. The normalized spacial score (nSPS) is 11.0. The molecule has 0 radical (unpaired) electrons. The van der Waals surface area contributed by atoms with Crippen LogP contribution in [-0.2, 0) is 17.8 Å². The van der Waals surface area contributed by atoms with Gasteiger partial charge in [-0.3, -0.25) is 4.90 Å². The molecular weight excluding hydrogens is 292 g/mol. The lowest BCUT2D eigenvalue weighted by Gasteiger charge is -2.15. The van der Waals surface area contributed by atoms with Gasteiger partial charge in [0, 0.05) is 12.1 Å². The van der Waals surface area contributed by atoms with Gasteiger partial charge in [0.1, 0.15) is 17.1 Å². The summed E-state index contributed by atoms with van der Waals surface area (Å²) in [7, 11) is 3.05. The molecule has 0 spiro atoms. The van der Waals surface area contributed by atoms with E-state index in [4.69, 9.17) is 4.42 Å². The highest BCUT2D eigenvalue weighted by atomic mass is 19.2. The molecule has 1 aromatic heterocycles. The molecule has 2 rings (SSSR count). The number of carbonyl (C=O) groups is 1. The van der Waals surface area contributed by atoms with Crippen molar-refractivity contribution in [2.45, 2.75) is 20.0 Å². The molecule has 1 heterocycles. The average molecular weight is 309 g/mol. The number of hydrogen-bond donors (Lipinski definition) is 0. The SMILES string of the molecule is COC(=O)c1cc(CN(C)Cc2cccc(F)c2F)oc1C. The van der Waals surface area contributed by atoms with Crippen LogP contribution < -0.4 is 0 Å². The highest BCUT2D eigenvalue weighted by Crippen LogP contribution is 2.19. The molecule has 22 heavy (non-hydrogen) atoms. The molecule has 0 aliphatic heterocycles. The van der Waals surface area contributed by atoms with E-state index in [9.17, 15) is 13.6 Å². The molecule has 0 bridgehead atoms. The van der Waals surface area contributed by atoms with Crippen LogP contribution in [0.3, 0.4) is 0 Å². The Morgan fingerprint density at radius 1 is 1.32 bits per heavy atom. The lowest BCUT2D eigenvalue weighted by Crippen LogP contribution is -2.18. The second-order valence-corrected chi connectivity index (χ2v) is 5.06. The minimum absolute atomic E-state index is 0.219. The fourth-order valence-electron chi connectivity index (χ4n) is 2.22. The van der Waals surface area contributed by atoms with Crippen molar-refractivity contribution in [2.24, 2.45) is 0 Å². The maximum atomic E-state index is 13.6. The summed E-state index contributed by atoms with van der Waals surface area (Å²) in [6, 6.07) is 5.67. The summed E-state index contributed by atoms with van der Waals surface area (Å²) >= 11 is 0. The average Bonchev–Trinajstić information content (AvgIpc) is 2.83. The van der Waals surface area contributed by atoms with Crippen LogP contribution in [0.4, 0.5) is 8.78 Å². The van der Waals surface area contributed by atoms with Crippen LogP contribution in [0.5, 0.6) is 0 Å². The van der Waals surface area contributed by atoms with Gasteiger partial charge < -0.3 is 9.15 Å². The molecule has 118 valence electrons. The van der Waals surface area contributed by atoms with Crippen molar-refractivity contribution < 1.29 is 22.7 Å². The smallest absolute Gasteiger partial charge is 0.341 e. The van der Waals surface area contributed by atoms with E-state index in [2.05, 4.69) is 4.74 Å². The molecule has 0 amide bonds. The van der Waals surface area contributed by atoms with E-state index < -0.39 is 17.6 Å². The van der Waals surface area contributed by atoms with Crippen LogP contribution in [0.15, 0.2) is 28.7 Å². The zero-order chi connectivity index (χ0) is 16.3. The number of furan rings is 1. The van der Waals surface area contributed by atoms with E-state index in [0.29, 0.717) is 23.6 Å². The number of esters is 1. The Kier molecular flexibility index (Phi) is 4.92. The number of rotatable bonds is 5. The fourth-order valence-corrected chi connectivity index (χ4v) is 2.22. The van der Waals surface area contributed by atoms with Crippen LogP contribution >= 0.6 is 0 Å². The van der Waals surface area contributed by atoms with Crippen molar-refractivity contribution in [3.8, 4) is 0 Å². The predicted molar refractivity (Wildman–Crippen MR) is 76.3 cm³/mol. The minimum atomic E-state index is -0.868. The number of benzene rings is 1. The van der Waals surface area contributed by atoms with E-state index in [1.54, 1.807) is 24.9 Å². The number of nitrogens with zero attached hydrogens (tertiary/aromatic N) is 1. The van der Waals surface area contributed by atoms with Crippen LogP contribution in [0.25, 0.3) is 0 Å². The van der Waals surface area contributed by atoms with E-state index in [0.717, 1.165) is 6.07 Å². The van der Waals surface area contributed by atoms with E-state index in [1.807, 2.05) is 0 Å². The maximum Gasteiger partial charge on any atom is 0.341 e. The van der Waals surface area contributed by atoms with Gasteiger partial charge in [0.05, 0.1) is 13.7 Å². The number of ether oxygens (including phenoxy) is 1. The highest BCUT2D eigenvalue weighted by Gasteiger charge is 2.17. The first-order chi connectivity index (χ1) is 10.4. The van der Waals surface area contributed by atoms with Crippen molar-refractivity contribution in [2.75, 3.05) is 14.2 Å². The van der Waals surface area contributed by atoms with Gasteiger partial charge in [0.15, 0.2) is 11.6 Å². The van der Waals surface area contributed by atoms with E-state index in [1.165, 1.54) is 19.2 Å². The van der Waals surface area contributed by atoms with Gasteiger partial charge in [-0.2, -0.15) is 0 Å². The summed E-state index contributed by atoms with van der Waals surface area (Å²) in [6.07, 6.45) is 0. The summed E-state index contributed by atoms with van der Waals surface area (Å²) in [5.41, 5.74) is 0.627. The third-order valence-electron chi connectivity index (χ3n) is 3.27. The second kappa shape index (κ2) is 6.70. The Balaban J connectivity index is 2.08. The van der Waals surface area contributed by atoms with Crippen molar-refractivity contribution in [1.82, 2.24) is 4.90 Å². The van der Waals surface area contributed by atoms with Crippen LogP contribution in [0.1, 0.15) is 27.4 Å². The van der Waals surface area contributed by atoms with Gasteiger partial charge in [-0.15, -0.1) is 0 Å². The summed E-state index contributed by atoms with van der Waals surface area (Å²) < 4.78 is 37.0. The molecule has 0 saturated carbocycles. The lowest BCUT2D eigenvalue weighted by molar-refractivity contribution is 0.0599. The highest BCUT2D eigenvalue weighted by molar-refractivity contribution is 5.90. The molecule has 0 aliphatic rings. The van der Waals surface area contributed by atoms with E-state index >= 15 is 0 Å². The maximum absolute atomic E-state index is 13.6. The van der Waals surface area contributed by atoms with Crippen molar-refractivity contribution in [3.63, 3.8) is 0 Å². The number of aryl methyl sites for hydroxylation is 1. The molecule has 2 aromatic rings. The van der Waals surface area contributed by atoms with E-state index in [-0.39, 0.29) is 12.1 Å². The quantitative estimate of drug-likeness (QED) is 0.795. The fraction of sp³-hybridized carbons (Fsp3) is 0.312. The number of hydrogen-bond acceptors (Lipinski definition) is 4. The number of carbonyl (C=O) groups excluding carboxylic acids is 1. The summed E-state index contributed by atoms with van der Waals surface area (Å²) in [5.74, 6) is -1.16. The third kappa shape index (κ3) is 3.51. The largest absolute Gasteiger partial charge is 0.465 e. The monoisotopic (exact) mass is 309 g/mol. The first-order valence-electron chi connectivity index (χ1n) is 6.71. The lowest BCUT2D eigenvalue weighted by atomic mass is 10.2. The van der Waals surface area contributed by atoms with Gasteiger partial charge in [-0.05, 0) is 26.1 Å². The molecule has 0 N–H and O–H groups in total. The summed E-state index contributed by atoms with van der Waals surface area (Å²) in [4.78, 5) is 13.3. The standard InChI is InChI=1S/C16H17F2NO3/c1-10-13(16(20)21-3)7-12(22-10)9-19(2)8-11-5-4-6-14(17)15(11)18/h4-7H,8-9H2,1-3H3. The van der Waals surface area contributed by atoms with Crippen LogP contribution in [-0.4, -0.2) is 25.0 Å². The van der Waals surface area contributed by atoms with Gasteiger partial charge in [-0.25, -0.2) is 13.6 Å². The van der Waals surface area contributed by atoms with Crippen molar-refractivity contribution in [3.05, 3.63) is 58.5 Å². The number of methoxy groups -OCH3 is 1.